The standard InChI is InChI=1S/C33H41N3O4S/c1-5-31(33(38)34-28-14-9-10-15-28)35(22-27-13-11-12-24(2)20-27)32(37)23-36(29-19-18-25(3)26(4)21-29)41(39,40)30-16-7-6-8-17-30/h6-8,11-13,16-21,28,31H,5,9-10,14-15,22-23H2,1-4H3,(H,34,38)/t31-/m1/s1. The van der Waals surface area contributed by atoms with Gasteiger partial charge < -0.3 is 10.2 Å². The number of carbonyl (C=O) groups excluding carboxylic acids is 2. The average Bonchev–Trinajstić information content (AvgIpc) is 3.46. The predicted octanol–water partition coefficient (Wildman–Crippen LogP) is 5.67. The summed E-state index contributed by atoms with van der Waals surface area (Å²) in [5.74, 6) is -0.623. The van der Waals surface area contributed by atoms with E-state index < -0.39 is 28.5 Å². The first-order valence-corrected chi connectivity index (χ1v) is 15.8. The van der Waals surface area contributed by atoms with E-state index in [1.165, 1.54) is 16.4 Å². The molecule has 3 aromatic rings. The van der Waals surface area contributed by atoms with Crippen LogP contribution in [0.4, 0.5) is 5.69 Å². The van der Waals surface area contributed by atoms with Crippen LogP contribution < -0.4 is 9.62 Å². The van der Waals surface area contributed by atoms with Gasteiger partial charge in [0.1, 0.15) is 12.6 Å². The number of aryl methyl sites for hydroxylation is 3. The van der Waals surface area contributed by atoms with Crippen molar-refractivity contribution in [2.24, 2.45) is 0 Å². The Morgan fingerprint density at radius 2 is 1.61 bits per heavy atom. The van der Waals surface area contributed by atoms with Crippen LogP contribution in [0.5, 0.6) is 0 Å². The van der Waals surface area contributed by atoms with Crippen molar-refractivity contribution in [2.45, 2.75) is 83.3 Å². The fraction of sp³-hybridized carbons (Fsp3) is 0.394. The minimum absolute atomic E-state index is 0.0993. The highest BCUT2D eigenvalue weighted by Gasteiger charge is 2.34. The number of nitrogens with one attached hydrogen (secondary N) is 1. The lowest BCUT2D eigenvalue weighted by molar-refractivity contribution is -0.140. The van der Waals surface area contributed by atoms with E-state index in [0.717, 1.165) is 47.9 Å². The molecule has 1 N–H and O–H groups in total. The summed E-state index contributed by atoms with van der Waals surface area (Å²) in [6.45, 7) is 7.50. The summed E-state index contributed by atoms with van der Waals surface area (Å²) in [5, 5.41) is 3.15. The summed E-state index contributed by atoms with van der Waals surface area (Å²) in [5.41, 5.74) is 4.27. The summed E-state index contributed by atoms with van der Waals surface area (Å²) in [7, 11) is -4.08. The van der Waals surface area contributed by atoms with E-state index in [1.54, 1.807) is 35.2 Å². The maximum absolute atomic E-state index is 14.2. The Kier molecular flexibility index (Phi) is 9.86. The lowest BCUT2D eigenvalue weighted by Crippen LogP contribution is -2.53. The molecule has 0 heterocycles. The third-order valence-electron chi connectivity index (χ3n) is 7.91. The number of hydrogen-bond donors (Lipinski definition) is 1. The maximum Gasteiger partial charge on any atom is 0.264 e. The highest BCUT2D eigenvalue weighted by Crippen LogP contribution is 2.27. The summed E-state index contributed by atoms with van der Waals surface area (Å²) < 4.78 is 29.1. The Bertz CT molecular complexity index is 1470. The van der Waals surface area contributed by atoms with Crippen LogP contribution in [0.2, 0.25) is 0 Å². The fourth-order valence-corrected chi connectivity index (χ4v) is 6.85. The molecule has 1 saturated carbocycles. The summed E-state index contributed by atoms with van der Waals surface area (Å²) in [6, 6.07) is 20.7. The van der Waals surface area contributed by atoms with Gasteiger partial charge in [-0.2, -0.15) is 0 Å². The van der Waals surface area contributed by atoms with E-state index in [0.29, 0.717) is 12.1 Å². The van der Waals surface area contributed by atoms with Crippen molar-refractivity contribution in [3.63, 3.8) is 0 Å². The molecule has 0 bridgehead atoms. The zero-order valence-electron chi connectivity index (χ0n) is 24.5. The maximum atomic E-state index is 14.2. The van der Waals surface area contributed by atoms with E-state index in [9.17, 15) is 18.0 Å². The molecule has 1 atom stereocenters. The minimum atomic E-state index is -4.08. The van der Waals surface area contributed by atoms with Gasteiger partial charge in [0.05, 0.1) is 10.6 Å². The molecule has 1 aliphatic carbocycles. The zero-order valence-corrected chi connectivity index (χ0v) is 25.3. The Morgan fingerprint density at radius 3 is 2.24 bits per heavy atom. The van der Waals surface area contributed by atoms with Crippen molar-refractivity contribution in [3.8, 4) is 0 Å². The SMILES string of the molecule is CC[C@H](C(=O)NC1CCCC1)N(Cc1cccc(C)c1)C(=O)CN(c1ccc(C)c(C)c1)S(=O)(=O)c1ccccc1. The Hall–Kier alpha value is -3.65. The molecule has 0 aromatic heterocycles. The van der Waals surface area contributed by atoms with E-state index in [4.69, 9.17) is 0 Å². The third kappa shape index (κ3) is 7.36. The molecule has 2 amide bonds. The van der Waals surface area contributed by atoms with Gasteiger partial charge in [-0.1, -0.05) is 73.9 Å². The molecule has 4 rings (SSSR count). The van der Waals surface area contributed by atoms with Crippen molar-refractivity contribution >= 4 is 27.5 Å². The van der Waals surface area contributed by atoms with Crippen molar-refractivity contribution in [1.82, 2.24) is 10.2 Å². The van der Waals surface area contributed by atoms with Gasteiger partial charge in [0.15, 0.2) is 0 Å². The fourth-order valence-electron chi connectivity index (χ4n) is 5.42. The van der Waals surface area contributed by atoms with Crippen LogP contribution in [0.15, 0.2) is 77.7 Å². The number of benzene rings is 3. The van der Waals surface area contributed by atoms with Crippen molar-refractivity contribution in [1.29, 1.82) is 0 Å². The molecule has 0 unspecified atom stereocenters. The van der Waals surface area contributed by atoms with Crippen molar-refractivity contribution in [3.05, 3.63) is 95.1 Å². The van der Waals surface area contributed by atoms with E-state index >= 15 is 0 Å². The Morgan fingerprint density at radius 1 is 0.902 bits per heavy atom. The molecule has 1 aliphatic rings. The van der Waals surface area contributed by atoms with Crippen LogP contribution in [0.25, 0.3) is 0 Å². The van der Waals surface area contributed by atoms with Gasteiger partial charge in [0.2, 0.25) is 11.8 Å². The van der Waals surface area contributed by atoms with Gasteiger partial charge in [-0.05, 0) is 81.0 Å². The minimum Gasteiger partial charge on any atom is -0.352 e. The molecular formula is C33H41N3O4S. The number of hydrogen-bond acceptors (Lipinski definition) is 4. The normalized spacial score (nSPS) is 14.4. The van der Waals surface area contributed by atoms with Gasteiger partial charge in [0, 0.05) is 12.6 Å². The van der Waals surface area contributed by atoms with Crippen LogP contribution in [0.3, 0.4) is 0 Å². The largest absolute Gasteiger partial charge is 0.352 e. The number of nitrogens with zero attached hydrogens (tertiary/aromatic N) is 2. The second kappa shape index (κ2) is 13.3. The molecule has 218 valence electrons. The van der Waals surface area contributed by atoms with Gasteiger partial charge in [-0.15, -0.1) is 0 Å². The van der Waals surface area contributed by atoms with Crippen LogP contribution in [0.1, 0.15) is 61.3 Å². The molecule has 0 spiro atoms. The first kappa shape index (κ1) is 30.3. The van der Waals surface area contributed by atoms with Crippen LogP contribution in [-0.4, -0.2) is 43.8 Å². The van der Waals surface area contributed by atoms with Crippen LogP contribution in [-0.2, 0) is 26.2 Å². The highest BCUT2D eigenvalue weighted by molar-refractivity contribution is 7.92. The predicted molar refractivity (Wildman–Crippen MR) is 163 cm³/mol. The zero-order chi connectivity index (χ0) is 29.6. The molecule has 8 heteroatoms. The van der Waals surface area contributed by atoms with Crippen molar-refractivity contribution in [2.75, 3.05) is 10.8 Å². The van der Waals surface area contributed by atoms with Crippen LogP contribution in [0, 0.1) is 20.8 Å². The number of rotatable bonds is 11. The van der Waals surface area contributed by atoms with E-state index in [2.05, 4.69) is 5.32 Å². The molecular weight excluding hydrogens is 534 g/mol. The molecule has 3 aromatic carbocycles. The van der Waals surface area contributed by atoms with E-state index in [1.807, 2.05) is 58.0 Å². The lowest BCUT2D eigenvalue weighted by atomic mass is 10.1. The second-order valence-corrected chi connectivity index (χ2v) is 12.9. The Labute approximate surface area is 244 Å². The summed E-state index contributed by atoms with van der Waals surface area (Å²) >= 11 is 0. The molecule has 1 fully saturated rings. The highest BCUT2D eigenvalue weighted by atomic mass is 32.2. The quantitative estimate of drug-likeness (QED) is 0.319. The Balaban J connectivity index is 1.72. The smallest absolute Gasteiger partial charge is 0.264 e. The number of anilines is 1. The number of sulfonamides is 1. The first-order valence-electron chi connectivity index (χ1n) is 14.4. The summed E-state index contributed by atoms with van der Waals surface area (Å²) in [4.78, 5) is 29.4. The molecule has 41 heavy (non-hydrogen) atoms. The second-order valence-electron chi connectivity index (χ2n) is 11.0. The topological polar surface area (TPSA) is 86.8 Å². The van der Waals surface area contributed by atoms with Gasteiger partial charge in [-0.25, -0.2) is 8.42 Å². The van der Waals surface area contributed by atoms with Crippen molar-refractivity contribution < 1.29 is 18.0 Å². The number of carbonyl (C=O) groups is 2. The molecule has 0 radical (unpaired) electrons. The third-order valence-corrected chi connectivity index (χ3v) is 9.70. The molecule has 0 saturated heterocycles. The van der Waals surface area contributed by atoms with Gasteiger partial charge >= 0.3 is 0 Å². The molecule has 0 aliphatic heterocycles. The lowest BCUT2D eigenvalue weighted by Gasteiger charge is -2.34. The summed E-state index contributed by atoms with van der Waals surface area (Å²) in [6.07, 6.45) is 4.44. The monoisotopic (exact) mass is 575 g/mol. The molecule has 7 nitrogen and oxygen atoms in total. The first-order chi connectivity index (χ1) is 19.6. The van der Waals surface area contributed by atoms with Crippen LogP contribution >= 0.6 is 0 Å². The van der Waals surface area contributed by atoms with Gasteiger partial charge in [-0.3, -0.25) is 13.9 Å². The van der Waals surface area contributed by atoms with Gasteiger partial charge in [0.25, 0.3) is 10.0 Å². The van der Waals surface area contributed by atoms with E-state index in [-0.39, 0.29) is 23.4 Å². The number of amides is 2. The average molecular weight is 576 g/mol.